The highest BCUT2D eigenvalue weighted by atomic mass is 19.1. The van der Waals surface area contributed by atoms with Crippen molar-refractivity contribution in [2.75, 3.05) is 27.2 Å². The molecule has 0 spiro atoms. The number of halogens is 1. The maximum absolute atomic E-state index is 13.5. The number of amides is 5. The molecule has 3 rings (SSSR count). The van der Waals surface area contributed by atoms with E-state index in [1.807, 2.05) is 0 Å². The van der Waals surface area contributed by atoms with Gasteiger partial charge in [-0.3, -0.25) is 24.2 Å². The van der Waals surface area contributed by atoms with Gasteiger partial charge < -0.3 is 9.64 Å². The Bertz CT molecular complexity index is 992. The first-order chi connectivity index (χ1) is 14.3. The van der Waals surface area contributed by atoms with Crippen LogP contribution in [0.4, 0.5) is 9.18 Å². The second-order valence-corrected chi connectivity index (χ2v) is 6.74. The van der Waals surface area contributed by atoms with E-state index in [1.165, 1.54) is 24.1 Å². The Morgan fingerprint density at radius 2 is 1.70 bits per heavy atom. The van der Waals surface area contributed by atoms with Gasteiger partial charge in [-0.15, -0.1) is 0 Å². The normalized spacial score (nSPS) is 13.8. The molecule has 1 fully saturated rings. The van der Waals surface area contributed by atoms with E-state index in [2.05, 4.69) is 0 Å². The molecule has 1 aliphatic rings. The minimum atomic E-state index is -0.878. The molecule has 0 saturated carbocycles. The molecule has 1 saturated heterocycles. The van der Waals surface area contributed by atoms with Crippen molar-refractivity contribution < 1.29 is 28.3 Å². The Morgan fingerprint density at radius 1 is 1.03 bits per heavy atom. The van der Waals surface area contributed by atoms with Crippen molar-refractivity contribution in [1.29, 1.82) is 0 Å². The van der Waals surface area contributed by atoms with E-state index in [1.54, 1.807) is 43.4 Å². The highest BCUT2D eigenvalue weighted by molar-refractivity contribution is 6.44. The fourth-order valence-corrected chi connectivity index (χ4v) is 2.86. The minimum absolute atomic E-state index is 0.0610. The fraction of sp³-hybridized carbons (Fsp3) is 0.238. The van der Waals surface area contributed by atoms with Gasteiger partial charge in [0.15, 0.2) is 11.6 Å². The molecule has 2 aromatic carbocycles. The molecule has 0 unspecified atom stereocenters. The van der Waals surface area contributed by atoms with Crippen molar-refractivity contribution in [3.05, 3.63) is 65.5 Å². The van der Waals surface area contributed by atoms with E-state index in [0.29, 0.717) is 11.1 Å². The number of nitrogens with zero attached hydrogens (tertiary/aromatic N) is 3. The first-order valence-corrected chi connectivity index (χ1v) is 9.15. The molecule has 0 aliphatic carbocycles. The summed E-state index contributed by atoms with van der Waals surface area (Å²) in [6.45, 7) is 0.316. The number of imide groups is 2. The third-order valence-corrected chi connectivity index (χ3v) is 4.66. The largest absolute Gasteiger partial charge is 0.489 e. The number of rotatable bonds is 7. The van der Waals surface area contributed by atoms with Gasteiger partial charge in [0.05, 0.1) is 13.1 Å². The number of likely N-dealkylation sites (N-methyl/N-ethyl adjacent to an activating group) is 2. The third kappa shape index (κ3) is 4.29. The molecule has 5 amide bonds. The van der Waals surface area contributed by atoms with Crippen molar-refractivity contribution in [1.82, 2.24) is 14.7 Å². The summed E-state index contributed by atoms with van der Waals surface area (Å²) < 4.78 is 18.9. The molecular formula is C21H20FN3O5. The summed E-state index contributed by atoms with van der Waals surface area (Å²) in [6.07, 6.45) is 0. The second-order valence-electron chi connectivity index (χ2n) is 6.74. The van der Waals surface area contributed by atoms with Gasteiger partial charge in [0, 0.05) is 19.7 Å². The fourth-order valence-electron chi connectivity index (χ4n) is 2.86. The molecule has 0 radical (unpaired) electrons. The Morgan fingerprint density at radius 3 is 2.30 bits per heavy atom. The maximum atomic E-state index is 13.5. The van der Waals surface area contributed by atoms with Gasteiger partial charge in [-0.1, -0.05) is 24.3 Å². The van der Waals surface area contributed by atoms with Crippen LogP contribution in [0.15, 0.2) is 48.5 Å². The first-order valence-electron chi connectivity index (χ1n) is 9.15. The third-order valence-electron chi connectivity index (χ3n) is 4.66. The van der Waals surface area contributed by atoms with Gasteiger partial charge in [0.25, 0.3) is 5.91 Å². The predicted octanol–water partition coefficient (Wildman–Crippen LogP) is 1.90. The van der Waals surface area contributed by atoms with Gasteiger partial charge in [-0.2, -0.15) is 0 Å². The van der Waals surface area contributed by atoms with Gasteiger partial charge in [-0.25, -0.2) is 9.18 Å². The molecule has 30 heavy (non-hydrogen) atoms. The maximum Gasteiger partial charge on any atom is 0.334 e. The van der Waals surface area contributed by atoms with Crippen LogP contribution in [-0.2, 0) is 16.1 Å². The number of benzene rings is 2. The van der Waals surface area contributed by atoms with Crippen molar-refractivity contribution in [3.8, 4) is 5.75 Å². The average molecular weight is 413 g/mol. The number of carbonyl (C=O) groups excluding carboxylic acids is 4. The molecule has 9 heteroatoms. The summed E-state index contributed by atoms with van der Waals surface area (Å²) in [7, 11) is 2.85. The summed E-state index contributed by atoms with van der Waals surface area (Å²) in [5.74, 6) is -2.35. The highest BCUT2D eigenvalue weighted by Crippen LogP contribution is 2.17. The lowest BCUT2D eigenvalue weighted by molar-refractivity contribution is -0.143. The molecule has 0 N–H and O–H groups in total. The van der Waals surface area contributed by atoms with E-state index >= 15 is 0 Å². The van der Waals surface area contributed by atoms with Crippen LogP contribution in [-0.4, -0.2) is 65.7 Å². The molecule has 0 bridgehead atoms. The van der Waals surface area contributed by atoms with Crippen LogP contribution in [0, 0.1) is 5.82 Å². The van der Waals surface area contributed by atoms with E-state index < -0.39 is 23.7 Å². The standard InChI is InChI=1S/C21H20FN3O5/c1-23(11-12-30-17-6-4-3-5-16(17)22)18(26)15-9-7-14(8-10-15)13-25-20(28)19(27)24(2)21(25)29/h3-10H,11-13H2,1-2H3. The van der Waals surface area contributed by atoms with Crippen LogP contribution in [0.25, 0.3) is 0 Å². The topological polar surface area (TPSA) is 87.2 Å². The Balaban J connectivity index is 1.55. The van der Waals surface area contributed by atoms with Crippen LogP contribution in [0.2, 0.25) is 0 Å². The van der Waals surface area contributed by atoms with E-state index in [0.717, 1.165) is 9.80 Å². The van der Waals surface area contributed by atoms with Crippen LogP contribution in [0.1, 0.15) is 15.9 Å². The number of carbonyl (C=O) groups is 4. The zero-order valence-electron chi connectivity index (χ0n) is 16.5. The van der Waals surface area contributed by atoms with Crippen molar-refractivity contribution in [2.45, 2.75) is 6.54 Å². The van der Waals surface area contributed by atoms with E-state index in [4.69, 9.17) is 4.74 Å². The first kappa shape index (κ1) is 21.0. The molecule has 1 heterocycles. The van der Waals surface area contributed by atoms with Crippen molar-refractivity contribution >= 4 is 23.8 Å². The smallest absolute Gasteiger partial charge is 0.334 e. The Hall–Kier alpha value is -3.75. The highest BCUT2D eigenvalue weighted by Gasteiger charge is 2.41. The lowest BCUT2D eigenvalue weighted by atomic mass is 10.1. The molecule has 8 nitrogen and oxygen atoms in total. The summed E-state index contributed by atoms with van der Waals surface area (Å²) in [6, 6.07) is 11.7. The van der Waals surface area contributed by atoms with Gasteiger partial charge in [0.1, 0.15) is 6.61 Å². The summed E-state index contributed by atoms with van der Waals surface area (Å²) in [5, 5.41) is 0. The predicted molar refractivity (Wildman–Crippen MR) is 104 cm³/mol. The summed E-state index contributed by atoms with van der Waals surface area (Å²) >= 11 is 0. The zero-order chi connectivity index (χ0) is 21.8. The molecule has 1 aliphatic heterocycles. The van der Waals surface area contributed by atoms with Gasteiger partial charge in [-0.05, 0) is 29.8 Å². The van der Waals surface area contributed by atoms with Crippen molar-refractivity contribution in [2.24, 2.45) is 0 Å². The molecule has 156 valence electrons. The van der Waals surface area contributed by atoms with Crippen LogP contribution in [0.5, 0.6) is 5.75 Å². The number of hydrogen-bond donors (Lipinski definition) is 0. The molecular weight excluding hydrogens is 393 g/mol. The number of hydrogen-bond acceptors (Lipinski definition) is 5. The van der Waals surface area contributed by atoms with Gasteiger partial charge in [0.2, 0.25) is 0 Å². The van der Waals surface area contributed by atoms with Crippen LogP contribution < -0.4 is 4.74 Å². The second kappa shape index (κ2) is 8.73. The molecule has 0 atom stereocenters. The molecule has 0 aromatic heterocycles. The number of urea groups is 1. The summed E-state index contributed by atoms with van der Waals surface area (Å²) in [5.41, 5.74) is 1.00. The lowest BCUT2D eigenvalue weighted by Gasteiger charge is -2.18. The number of ether oxygens (including phenoxy) is 1. The molecule has 2 aromatic rings. The van der Waals surface area contributed by atoms with Gasteiger partial charge >= 0.3 is 17.8 Å². The Labute approximate surface area is 172 Å². The van der Waals surface area contributed by atoms with E-state index in [-0.39, 0.29) is 31.4 Å². The minimum Gasteiger partial charge on any atom is -0.489 e. The van der Waals surface area contributed by atoms with Crippen LogP contribution >= 0.6 is 0 Å². The SMILES string of the molecule is CN(CCOc1ccccc1F)C(=O)c1ccc(CN2C(=O)C(=O)N(C)C2=O)cc1. The monoisotopic (exact) mass is 413 g/mol. The van der Waals surface area contributed by atoms with E-state index in [9.17, 15) is 23.6 Å². The zero-order valence-corrected chi connectivity index (χ0v) is 16.5. The Kier molecular flexibility index (Phi) is 6.10. The quantitative estimate of drug-likeness (QED) is 0.511. The number of para-hydroxylation sites is 1. The average Bonchev–Trinajstić information content (AvgIpc) is 2.93. The summed E-state index contributed by atoms with van der Waals surface area (Å²) in [4.78, 5) is 50.9. The van der Waals surface area contributed by atoms with Crippen LogP contribution in [0.3, 0.4) is 0 Å². The van der Waals surface area contributed by atoms with Crippen molar-refractivity contribution in [3.63, 3.8) is 0 Å². The lowest BCUT2D eigenvalue weighted by Crippen LogP contribution is -2.31.